The molecular weight excluding hydrogens is 416 g/mol. The lowest BCUT2D eigenvalue weighted by atomic mass is 10.0. The lowest BCUT2D eigenvalue weighted by Crippen LogP contribution is -2.12. The molecule has 0 aliphatic rings. The molecule has 0 aliphatic carbocycles. The molecule has 0 fully saturated rings. The Kier molecular flexibility index (Phi) is 7.52. The topological polar surface area (TPSA) is 85.4 Å². The fourth-order valence-corrected chi connectivity index (χ4v) is 3.73. The first-order valence-electron chi connectivity index (χ1n) is 10.2. The fourth-order valence-electron chi connectivity index (χ4n) is 3.45. The van der Waals surface area contributed by atoms with Crippen LogP contribution in [0.2, 0.25) is 5.02 Å². The van der Waals surface area contributed by atoms with Crippen LogP contribution < -0.4 is 20.1 Å². The molecule has 8 heteroatoms. The van der Waals surface area contributed by atoms with E-state index in [4.69, 9.17) is 21.1 Å². The highest BCUT2D eigenvalue weighted by Crippen LogP contribution is 2.38. The fraction of sp³-hybridized carbons (Fsp3) is 0.348. The normalized spacial score (nSPS) is 10.7. The summed E-state index contributed by atoms with van der Waals surface area (Å²) in [5, 5.41) is 7.68. The predicted molar refractivity (Wildman–Crippen MR) is 124 cm³/mol. The zero-order valence-electron chi connectivity index (χ0n) is 18.2. The van der Waals surface area contributed by atoms with Crippen molar-refractivity contribution in [1.29, 1.82) is 0 Å². The number of benzene rings is 2. The number of ether oxygens (including phenoxy) is 2. The summed E-state index contributed by atoms with van der Waals surface area (Å²) in [5.41, 5.74) is 3.36. The van der Waals surface area contributed by atoms with E-state index in [9.17, 15) is 4.79 Å². The van der Waals surface area contributed by atoms with Gasteiger partial charge in [0.25, 0.3) is 0 Å². The number of fused-ring (bicyclic) bond motifs is 1. The summed E-state index contributed by atoms with van der Waals surface area (Å²) in [6.07, 6.45) is 3.58. The largest absolute Gasteiger partial charge is 0.495 e. The number of nitrogens with one attached hydrogen (secondary N) is 2. The van der Waals surface area contributed by atoms with Crippen molar-refractivity contribution < 1.29 is 14.3 Å². The Morgan fingerprint density at radius 2 is 1.94 bits per heavy atom. The molecule has 0 spiro atoms. The summed E-state index contributed by atoms with van der Waals surface area (Å²) in [7, 11) is 3.19. The number of halogens is 1. The van der Waals surface area contributed by atoms with Crippen LogP contribution in [0.4, 0.5) is 11.5 Å². The molecule has 0 saturated carbocycles. The van der Waals surface area contributed by atoms with Crippen molar-refractivity contribution >= 4 is 39.9 Å². The summed E-state index contributed by atoms with van der Waals surface area (Å²) in [6, 6.07) is 7.50. The first-order valence-corrected chi connectivity index (χ1v) is 10.6. The second-order valence-electron chi connectivity index (χ2n) is 7.03. The van der Waals surface area contributed by atoms with Gasteiger partial charge in [0.05, 0.1) is 30.4 Å². The van der Waals surface area contributed by atoms with E-state index in [0.717, 1.165) is 34.9 Å². The molecule has 3 aromatic rings. The monoisotopic (exact) mass is 442 g/mol. The molecule has 1 amide bonds. The van der Waals surface area contributed by atoms with E-state index in [1.807, 2.05) is 31.2 Å². The molecular formula is C23H27ClN4O3. The Morgan fingerprint density at radius 3 is 2.58 bits per heavy atom. The van der Waals surface area contributed by atoms with Crippen molar-refractivity contribution in [3.63, 3.8) is 0 Å². The number of carbonyl (C=O) groups is 1. The van der Waals surface area contributed by atoms with E-state index < -0.39 is 0 Å². The highest BCUT2D eigenvalue weighted by molar-refractivity contribution is 6.32. The van der Waals surface area contributed by atoms with Crippen LogP contribution in [0, 0.1) is 0 Å². The van der Waals surface area contributed by atoms with Gasteiger partial charge < -0.3 is 20.1 Å². The zero-order valence-corrected chi connectivity index (χ0v) is 19.0. The smallest absolute Gasteiger partial charge is 0.224 e. The van der Waals surface area contributed by atoms with Crippen LogP contribution in [0.1, 0.15) is 37.8 Å². The number of nitrogens with zero attached hydrogens (tertiary/aromatic N) is 2. The molecule has 2 aromatic carbocycles. The third-order valence-corrected chi connectivity index (χ3v) is 5.25. The van der Waals surface area contributed by atoms with Crippen LogP contribution in [-0.2, 0) is 17.8 Å². The maximum absolute atomic E-state index is 12.1. The standard InChI is InChI=1S/C23H27ClN4O3/c1-5-7-15-21-16(11-18(22(15)31-4)28-20(29)6-2)23(27-13-26-21)25-12-14-8-9-19(30-3)17(24)10-14/h8-11,13H,5-7,12H2,1-4H3,(H,28,29)(H,25,26,27). The molecule has 1 heterocycles. The second-order valence-corrected chi connectivity index (χ2v) is 7.44. The summed E-state index contributed by atoms with van der Waals surface area (Å²) in [5.74, 6) is 1.86. The number of aromatic nitrogens is 2. The molecule has 164 valence electrons. The zero-order chi connectivity index (χ0) is 22.4. The van der Waals surface area contributed by atoms with E-state index in [-0.39, 0.29) is 5.91 Å². The minimum absolute atomic E-state index is 0.0840. The van der Waals surface area contributed by atoms with Crippen molar-refractivity contribution in [2.45, 2.75) is 39.7 Å². The molecule has 31 heavy (non-hydrogen) atoms. The highest BCUT2D eigenvalue weighted by Gasteiger charge is 2.18. The number of hydrogen-bond donors (Lipinski definition) is 2. The van der Waals surface area contributed by atoms with Crippen LogP contribution in [0.5, 0.6) is 11.5 Å². The van der Waals surface area contributed by atoms with Gasteiger partial charge in [0, 0.05) is 23.9 Å². The highest BCUT2D eigenvalue weighted by atomic mass is 35.5. The van der Waals surface area contributed by atoms with Crippen molar-refractivity contribution in [2.24, 2.45) is 0 Å². The molecule has 3 rings (SSSR count). The van der Waals surface area contributed by atoms with Crippen LogP contribution in [0.15, 0.2) is 30.6 Å². The average Bonchev–Trinajstić information content (AvgIpc) is 2.78. The minimum Gasteiger partial charge on any atom is -0.495 e. The number of methoxy groups -OCH3 is 2. The minimum atomic E-state index is -0.0840. The van der Waals surface area contributed by atoms with Gasteiger partial charge >= 0.3 is 0 Å². The van der Waals surface area contributed by atoms with Crippen LogP contribution in [-0.4, -0.2) is 30.1 Å². The molecule has 0 radical (unpaired) electrons. The Morgan fingerprint density at radius 1 is 1.13 bits per heavy atom. The molecule has 2 N–H and O–H groups in total. The molecule has 0 saturated heterocycles. The van der Waals surface area contributed by atoms with Gasteiger partial charge in [0.1, 0.15) is 23.6 Å². The predicted octanol–water partition coefficient (Wildman–Crippen LogP) is 5.21. The first-order chi connectivity index (χ1) is 15.0. The molecule has 0 atom stereocenters. The summed E-state index contributed by atoms with van der Waals surface area (Å²) < 4.78 is 10.9. The Bertz CT molecular complexity index is 1090. The summed E-state index contributed by atoms with van der Waals surface area (Å²) in [4.78, 5) is 21.1. The van der Waals surface area contributed by atoms with Gasteiger partial charge in [-0.05, 0) is 30.2 Å². The maximum atomic E-state index is 12.1. The van der Waals surface area contributed by atoms with Gasteiger partial charge in [0.2, 0.25) is 5.91 Å². The third-order valence-electron chi connectivity index (χ3n) is 4.95. The van der Waals surface area contributed by atoms with E-state index in [2.05, 4.69) is 27.5 Å². The molecule has 0 aliphatic heterocycles. The Balaban J connectivity index is 2.03. The number of rotatable bonds is 9. The van der Waals surface area contributed by atoms with E-state index in [1.165, 1.54) is 6.33 Å². The van der Waals surface area contributed by atoms with Gasteiger partial charge in [-0.3, -0.25) is 4.79 Å². The number of amides is 1. The number of anilines is 2. The number of carbonyl (C=O) groups excluding carboxylic acids is 1. The van der Waals surface area contributed by atoms with Crippen molar-refractivity contribution in [3.8, 4) is 11.5 Å². The first kappa shape index (κ1) is 22.6. The average molecular weight is 443 g/mol. The summed E-state index contributed by atoms with van der Waals surface area (Å²) in [6.45, 7) is 4.42. The van der Waals surface area contributed by atoms with Gasteiger partial charge in [-0.2, -0.15) is 0 Å². The van der Waals surface area contributed by atoms with Gasteiger partial charge in [-0.25, -0.2) is 9.97 Å². The lowest BCUT2D eigenvalue weighted by Gasteiger charge is -2.18. The van der Waals surface area contributed by atoms with Crippen molar-refractivity contribution in [1.82, 2.24) is 9.97 Å². The van der Waals surface area contributed by atoms with E-state index in [0.29, 0.717) is 41.0 Å². The summed E-state index contributed by atoms with van der Waals surface area (Å²) >= 11 is 6.25. The van der Waals surface area contributed by atoms with E-state index >= 15 is 0 Å². The maximum Gasteiger partial charge on any atom is 0.224 e. The lowest BCUT2D eigenvalue weighted by molar-refractivity contribution is -0.115. The third kappa shape index (κ3) is 4.99. The van der Waals surface area contributed by atoms with Crippen molar-refractivity contribution in [3.05, 3.63) is 46.7 Å². The van der Waals surface area contributed by atoms with Crippen molar-refractivity contribution in [2.75, 3.05) is 24.9 Å². The number of aryl methyl sites for hydroxylation is 1. The SMILES string of the molecule is CCCc1c(OC)c(NC(=O)CC)cc2c(NCc3ccc(OC)c(Cl)c3)ncnc12. The van der Waals surface area contributed by atoms with Crippen LogP contribution in [0.3, 0.4) is 0 Å². The Hall–Kier alpha value is -3.06. The van der Waals surface area contributed by atoms with Gasteiger partial charge in [-0.15, -0.1) is 0 Å². The quantitative estimate of drug-likeness (QED) is 0.473. The number of hydrogen-bond acceptors (Lipinski definition) is 6. The molecule has 1 aromatic heterocycles. The second kappa shape index (κ2) is 10.3. The Labute approximate surface area is 187 Å². The van der Waals surface area contributed by atoms with Gasteiger partial charge in [-0.1, -0.05) is 37.9 Å². The molecule has 0 bridgehead atoms. The van der Waals surface area contributed by atoms with Crippen LogP contribution >= 0.6 is 11.6 Å². The molecule has 7 nitrogen and oxygen atoms in total. The molecule has 0 unspecified atom stereocenters. The van der Waals surface area contributed by atoms with Crippen LogP contribution in [0.25, 0.3) is 10.9 Å². The van der Waals surface area contributed by atoms with E-state index in [1.54, 1.807) is 14.2 Å². The van der Waals surface area contributed by atoms with Gasteiger partial charge in [0.15, 0.2) is 0 Å².